The first kappa shape index (κ1) is 16.6. The lowest BCUT2D eigenvalue weighted by Crippen LogP contribution is -2.03. The van der Waals surface area contributed by atoms with E-state index in [-0.39, 0.29) is 12.6 Å². The largest absolute Gasteiger partial charge is 0.462 e. The van der Waals surface area contributed by atoms with Crippen LogP contribution in [0.4, 0.5) is 0 Å². The molecule has 0 bridgehead atoms. The predicted molar refractivity (Wildman–Crippen MR) is 91.1 cm³/mol. The van der Waals surface area contributed by atoms with Gasteiger partial charge in [0.2, 0.25) is 0 Å². The molecule has 116 valence electrons. The van der Waals surface area contributed by atoms with Gasteiger partial charge in [0.15, 0.2) is 0 Å². The van der Waals surface area contributed by atoms with E-state index < -0.39 is 0 Å². The molecule has 0 aliphatic heterocycles. The second-order valence-electron chi connectivity index (χ2n) is 4.77. The zero-order chi connectivity index (χ0) is 15.8. The van der Waals surface area contributed by atoms with Crippen LogP contribution in [0.2, 0.25) is 0 Å². The summed E-state index contributed by atoms with van der Waals surface area (Å²) < 4.78 is 4.98. The smallest absolute Gasteiger partial charge is 0.338 e. The summed E-state index contributed by atoms with van der Waals surface area (Å²) in [5.41, 5.74) is 4.00. The van der Waals surface area contributed by atoms with Crippen LogP contribution < -0.4 is 0 Å². The number of thioether (sulfide) groups is 1. The second-order valence-corrected chi connectivity index (χ2v) is 5.88. The van der Waals surface area contributed by atoms with Gasteiger partial charge < -0.3 is 9.84 Å². The molecular weight excluding hydrogens is 296 g/mol. The SMILES string of the molecule is CCOC(=O)c1ccc(-c2ccc(CSCCO)cc2)cc1. The van der Waals surface area contributed by atoms with Crippen molar-refractivity contribution in [1.82, 2.24) is 0 Å². The fourth-order valence-electron chi connectivity index (χ4n) is 2.06. The molecule has 1 N–H and O–H groups in total. The summed E-state index contributed by atoms with van der Waals surface area (Å²) >= 11 is 1.72. The summed E-state index contributed by atoms with van der Waals surface area (Å²) in [6.45, 7) is 2.40. The molecule has 0 spiro atoms. The molecule has 0 aliphatic carbocycles. The lowest BCUT2D eigenvalue weighted by molar-refractivity contribution is 0.0526. The van der Waals surface area contributed by atoms with Gasteiger partial charge in [-0.25, -0.2) is 4.79 Å². The maximum atomic E-state index is 11.6. The quantitative estimate of drug-likeness (QED) is 0.624. The predicted octanol–water partition coefficient (Wildman–Crippen LogP) is 3.76. The Labute approximate surface area is 135 Å². The molecule has 0 radical (unpaired) electrons. The maximum Gasteiger partial charge on any atom is 0.338 e. The first-order chi connectivity index (χ1) is 10.7. The number of aliphatic hydroxyl groups excluding tert-OH is 1. The Morgan fingerprint density at radius 2 is 1.64 bits per heavy atom. The third-order valence-electron chi connectivity index (χ3n) is 3.19. The molecule has 22 heavy (non-hydrogen) atoms. The molecule has 0 unspecified atom stereocenters. The molecule has 0 aliphatic rings. The fourth-order valence-corrected chi connectivity index (χ4v) is 2.76. The Kier molecular flexibility index (Phi) is 6.49. The minimum atomic E-state index is -0.287. The third kappa shape index (κ3) is 4.61. The van der Waals surface area contributed by atoms with Crippen molar-refractivity contribution < 1.29 is 14.6 Å². The topological polar surface area (TPSA) is 46.5 Å². The van der Waals surface area contributed by atoms with E-state index in [1.165, 1.54) is 5.56 Å². The molecule has 3 nitrogen and oxygen atoms in total. The van der Waals surface area contributed by atoms with Crippen LogP contribution in [-0.4, -0.2) is 30.0 Å². The molecule has 0 heterocycles. The monoisotopic (exact) mass is 316 g/mol. The van der Waals surface area contributed by atoms with Gasteiger partial charge in [0.05, 0.1) is 18.8 Å². The molecule has 0 saturated heterocycles. The summed E-state index contributed by atoms with van der Waals surface area (Å²) in [5, 5.41) is 8.78. The zero-order valence-corrected chi connectivity index (χ0v) is 13.4. The van der Waals surface area contributed by atoms with E-state index in [1.807, 2.05) is 12.1 Å². The van der Waals surface area contributed by atoms with Gasteiger partial charge in [-0.2, -0.15) is 11.8 Å². The molecule has 2 rings (SSSR count). The van der Waals surface area contributed by atoms with Gasteiger partial charge in [-0.1, -0.05) is 36.4 Å². The number of esters is 1. The number of hydrogen-bond donors (Lipinski definition) is 1. The molecule has 2 aromatic carbocycles. The number of ether oxygens (including phenoxy) is 1. The van der Waals surface area contributed by atoms with Crippen LogP contribution in [-0.2, 0) is 10.5 Å². The highest BCUT2D eigenvalue weighted by atomic mass is 32.2. The zero-order valence-electron chi connectivity index (χ0n) is 12.6. The summed E-state index contributed by atoms with van der Waals surface area (Å²) in [6, 6.07) is 15.8. The first-order valence-electron chi connectivity index (χ1n) is 7.29. The summed E-state index contributed by atoms with van der Waals surface area (Å²) in [7, 11) is 0. The number of aliphatic hydroxyl groups is 1. The van der Waals surface area contributed by atoms with Gasteiger partial charge in [-0.05, 0) is 35.7 Å². The van der Waals surface area contributed by atoms with E-state index >= 15 is 0 Å². The van der Waals surface area contributed by atoms with Crippen molar-refractivity contribution in [1.29, 1.82) is 0 Å². The van der Waals surface area contributed by atoms with Crippen molar-refractivity contribution in [3.63, 3.8) is 0 Å². The van der Waals surface area contributed by atoms with Crippen molar-refractivity contribution in [2.75, 3.05) is 19.0 Å². The summed E-state index contributed by atoms with van der Waals surface area (Å²) in [5.74, 6) is 1.38. The highest BCUT2D eigenvalue weighted by molar-refractivity contribution is 7.98. The van der Waals surface area contributed by atoms with Gasteiger partial charge in [-0.3, -0.25) is 0 Å². The lowest BCUT2D eigenvalue weighted by atomic mass is 10.0. The van der Waals surface area contributed by atoms with Crippen molar-refractivity contribution in [2.24, 2.45) is 0 Å². The van der Waals surface area contributed by atoms with E-state index in [2.05, 4.69) is 24.3 Å². The Morgan fingerprint density at radius 3 is 2.18 bits per heavy atom. The number of hydrogen-bond acceptors (Lipinski definition) is 4. The molecule has 0 saturated carbocycles. The van der Waals surface area contributed by atoms with Crippen LogP contribution in [0.5, 0.6) is 0 Å². The Balaban J connectivity index is 2.03. The van der Waals surface area contributed by atoms with Gasteiger partial charge in [0.25, 0.3) is 0 Å². The van der Waals surface area contributed by atoms with Gasteiger partial charge in [-0.15, -0.1) is 0 Å². The van der Waals surface area contributed by atoms with E-state index in [1.54, 1.807) is 30.8 Å². The first-order valence-corrected chi connectivity index (χ1v) is 8.45. The Morgan fingerprint density at radius 1 is 1.05 bits per heavy atom. The molecule has 0 amide bonds. The molecule has 0 atom stereocenters. The van der Waals surface area contributed by atoms with Gasteiger partial charge >= 0.3 is 5.97 Å². The van der Waals surface area contributed by atoms with Crippen LogP contribution in [0.25, 0.3) is 11.1 Å². The average Bonchev–Trinajstić information content (AvgIpc) is 2.56. The molecule has 0 aromatic heterocycles. The van der Waals surface area contributed by atoms with Crippen molar-refractivity contribution in [3.8, 4) is 11.1 Å². The standard InChI is InChI=1S/C18H20O3S/c1-2-21-18(20)17-9-7-16(8-10-17)15-5-3-14(4-6-15)13-22-12-11-19/h3-10,19H,2,11-13H2,1H3. The fraction of sp³-hybridized carbons (Fsp3) is 0.278. The molecular formula is C18H20O3S. The Hall–Kier alpha value is -1.78. The minimum absolute atomic E-state index is 0.218. The number of benzene rings is 2. The van der Waals surface area contributed by atoms with Crippen molar-refractivity contribution in [3.05, 3.63) is 59.7 Å². The molecule has 0 fully saturated rings. The molecule has 4 heteroatoms. The highest BCUT2D eigenvalue weighted by Crippen LogP contribution is 2.22. The van der Waals surface area contributed by atoms with Crippen LogP contribution >= 0.6 is 11.8 Å². The van der Waals surface area contributed by atoms with E-state index in [0.717, 1.165) is 22.6 Å². The van der Waals surface area contributed by atoms with Gasteiger partial charge in [0.1, 0.15) is 0 Å². The average molecular weight is 316 g/mol. The maximum absolute atomic E-state index is 11.6. The normalized spacial score (nSPS) is 10.5. The number of carbonyl (C=O) groups is 1. The van der Waals surface area contributed by atoms with Crippen molar-refractivity contribution in [2.45, 2.75) is 12.7 Å². The summed E-state index contributed by atoms with van der Waals surface area (Å²) in [4.78, 5) is 11.6. The van der Waals surface area contributed by atoms with Crippen LogP contribution in [0.1, 0.15) is 22.8 Å². The lowest BCUT2D eigenvalue weighted by Gasteiger charge is -2.06. The van der Waals surface area contributed by atoms with Crippen molar-refractivity contribution >= 4 is 17.7 Å². The highest BCUT2D eigenvalue weighted by Gasteiger charge is 2.06. The van der Waals surface area contributed by atoms with Gasteiger partial charge in [0, 0.05) is 11.5 Å². The van der Waals surface area contributed by atoms with E-state index in [0.29, 0.717) is 12.2 Å². The van der Waals surface area contributed by atoms with E-state index in [4.69, 9.17) is 9.84 Å². The second kappa shape index (κ2) is 8.61. The number of rotatable bonds is 7. The summed E-state index contributed by atoms with van der Waals surface area (Å²) in [6.07, 6.45) is 0. The van der Waals surface area contributed by atoms with Crippen LogP contribution in [0.3, 0.4) is 0 Å². The Bertz CT molecular complexity index is 591. The third-order valence-corrected chi connectivity index (χ3v) is 4.20. The van der Waals surface area contributed by atoms with E-state index in [9.17, 15) is 4.79 Å². The molecule has 2 aromatic rings. The van der Waals surface area contributed by atoms with Crippen LogP contribution in [0, 0.1) is 0 Å². The minimum Gasteiger partial charge on any atom is -0.462 e. The van der Waals surface area contributed by atoms with Crippen LogP contribution in [0.15, 0.2) is 48.5 Å². The number of carbonyl (C=O) groups excluding carboxylic acids is 1.